The summed E-state index contributed by atoms with van der Waals surface area (Å²) in [5.74, 6) is 0.845. The molecule has 0 bridgehead atoms. The molecule has 6 heteroatoms. The van der Waals surface area contributed by atoms with E-state index in [4.69, 9.17) is 4.74 Å². The Labute approximate surface area is 143 Å². The minimum atomic E-state index is -0.172. The Morgan fingerprint density at radius 1 is 1.38 bits per heavy atom. The van der Waals surface area contributed by atoms with E-state index in [0.29, 0.717) is 6.54 Å². The van der Waals surface area contributed by atoms with Gasteiger partial charge in [-0.05, 0) is 24.5 Å². The second-order valence-electron chi connectivity index (χ2n) is 6.45. The third-order valence-corrected chi connectivity index (χ3v) is 4.56. The highest BCUT2D eigenvalue weighted by Crippen LogP contribution is 2.16. The summed E-state index contributed by atoms with van der Waals surface area (Å²) in [5, 5.41) is 16.4. The summed E-state index contributed by atoms with van der Waals surface area (Å²) in [6.45, 7) is 7.62. The van der Waals surface area contributed by atoms with E-state index in [0.717, 1.165) is 51.7 Å². The van der Waals surface area contributed by atoms with Gasteiger partial charge in [-0.1, -0.05) is 24.3 Å². The fourth-order valence-electron chi connectivity index (χ4n) is 3.25. The van der Waals surface area contributed by atoms with Gasteiger partial charge in [-0.15, -0.1) is 0 Å². The predicted octanol–water partition coefficient (Wildman–Crippen LogP) is 0.707. The number of hydrogen-bond donors (Lipinski definition) is 3. The largest absolute Gasteiger partial charge is 0.392 e. The average molecular weight is 332 g/mol. The summed E-state index contributed by atoms with van der Waals surface area (Å²) >= 11 is 0. The summed E-state index contributed by atoms with van der Waals surface area (Å²) < 4.78 is 5.57. The van der Waals surface area contributed by atoms with E-state index < -0.39 is 0 Å². The van der Waals surface area contributed by atoms with Crippen molar-refractivity contribution in [2.45, 2.75) is 38.6 Å². The molecule has 2 atom stereocenters. The van der Waals surface area contributed by atoms with Gasteiger partial charge < -0.3 is 20.5 Å². The molecular weight excluding hydrogens is 304 g/mol. The second kappa shape index (κ2) is 8.46. The number of nitrogens with one attached hydrogen (secondary N) is 2. The number of aliphatic hydroxyl groups excluding tert-OH is 1. The van der Waals surface area contributed by atoms with Crippen molar-refractivity contribution in [3.63, 3.8) is 0 Å². The Bertz CT molecular complexity index is 564. The molecule has 3 N–H and O–H groups in total. The van der Waals surface area contributed by atoms with Crippen LogP contribution in [0.1, 0.15) is 24.5 Å². The van der Waals surface area contributed by atoms with Crippen LogP contribution in [0.15, 0.2) is 29.3 Å². The Morgan fingerprint density at radius 2 is 2.21 bits per heavy atom. The third-order valence-electron chi connectivity index (χ3n) is 4.56. The standard InChI is InChI=1S/C18H28N4O2/c1-2-24-17-10-20-18(21-11-17)19-9-14-5-3-4-6-15(14)12-22-8-7-16(23)13-22/h3-6,16-17,23H,2,7-13H2,1H3,(H2,19,20,21). The van der Waals surface area contributed by atoms with Crippen LogP contribution >= 0.6 is 0 Å². The average Bonchev–Trinajstić information content (AvgIpc) is 3.01. The van der Waals surface area contributed by atoms with Crippen molar-refractivity contribution in [3.05, 3.63) is 35.4 Å². The van der Waals surface area contributed by atoms with E-state index in [1.165, 1.54) is 11.1 Å². The first kappa shape index (κ1) is 17.2. The zero-order valence-electron chi connectivity index (χ0n) is 14.4. The van der Waals surface area contributed by atoms with E-state index in [1.807, 2.05) is 6.92 Å². The molecule has 2 aliphatic rings. The molecule has 24 heavy (non-hydrogen) atoms. The molecule has 6 nitrogen and oxygen atoms in total. The minimum absolute atomic E-state index is 0.172. The molecule has 2 unspecified atom stereocenters. The molecular formula is C18H28N4O2. The monoisotopic (exact) mass is 332 g/mol. The van der Waals surface area contributed by atoms with E-state index >= 15 is 0 Å². The molecule has 0 spiro atoms. The van der Waals surface area contributed by atoms with Crippen LogP contribution in [0.25, 0.3) is 0 Å². The number of benzene rings is 1. The van der Waals surface area contributed by atoms with Gasteiger partial charge in [0.1, 0.15) is 0 Å². The van der Waals surface area contributed by atoms with Crippen molar-refractivity contribution in [2.75, 3.05) is 32.8 Å². The Hall–Kier alpha value is -1.63. The molecule has 3 rings (SSSR count). The van der Waals surface area contributed by atoms with Gasteiger partial charge in [-0.3, -0.25) is 9.89 Å². The maximum Gasteiger partial charge on any atom is 0.191 e. The van der Waals surface area contributed by atoms with Gasteiger partial charge in [0.25, 0.3) is 0 Å². The fraction of sp³-hybridized carbons (Fsp3) is 0.611. The summed E-state index contributed by atoms with van der Waals surface area (Å²) in [7, 11) is 0. The molecule has 2 aliphatic heterocycles. The lowest BCUT2D eigenvalue weighted by Crippen LogP contribution is -2.46. The number of aliphatic imine (C=N–C) groups is 1. The van der Waals surface area contributed by atoms with Gasteiger partial charge in [0.05, 0.1) is 18.8 Å². The number of guanidine groups is 1. The van der Waals surface area contributed by atoms with Crippen LogP contribution in [0.2, 0.25) is 0 Å². The zero-order valence-corrected chi connectivity index (χ0v) is 14.4. The van der Waals surface area contributed by atoms with Crippen LogP contribution in [-0.4, -0.2) is 61.0 Å². The van der Waals surface area contributed by atoms with Gasteiger partial charge in [0, 0.05) is 39.3 Å². The number of hydrogen-bond acceptors (Lipinski definition) is 6. The van der Waals surface area contributed by atoms with Crippen LogP contribution in [0, 0.1) is 0 Å². The molecule has 1 aromatic rings. The summed E-state index contributed by atoms with van der Waals surface area (Å²) in [5.41, 5.74) is 2.58. The van der Waals surface area contributed by atoms with Gasteiger partial charge in [0.15, 0.2) is 5.96 Å². The Kier molecular flexibility index (Phi) is 6.07. The van der Waals surface area contributed by atoms with Crippen molar-refractivity contribution in [3.8, 4) is 0 Å². The highest BCUT2D eigenvalue weighted by Gasteiger charge is 2.21. The van der Waals surface area contributed by atoms with Crippen LogP contribution < -0.4 is 10.6 Å². The van der Waals surface area contributed by atoms with Gasteiger partial charge in [-0.25, -0.2) is 0 Å². The van der Waals surface area contributed by atoms with Crippen molar-refractivity contribution in [1.29, 1.82) is 0 Å². The smallest absolute Gasteiger partial charge is 0.191 e. The first-order chi connectivity index (χ1) is 11.7. The Morgan fingerprint density at radius 3 is 2.88 bits per heavy atom. The van der Waals surface area contributed by atoms with E-state index in [9.17, 15) is 5.11 Å². The normalized spacial score (nSPS) is 24.5. The van der Waals surface area contributed by atoms with Gasteiger partial charge >= 0.3 is 0 Å². The molecule has 1 saturated heterocycles. The maximum atomic E-state index is 9.69. The van der Waals surface area contributed by atoms with Gasteiger partial charge in [-0.2, -0.15) is 0 Å². The quantitative estimate of drug-likeness (QED) is 0.716. The molecule has 0 radical (unpaired) electrons. The number of likely N-dealkylation sites (tertiary alicyclic amines) is 1. The number of ether oxygens (including phenoxy) is 1. The highest BCUT2D eigenvalue weighted by molar-refractivity contribution is 5.80. The highest BCUT2D eigenvalue weighted by atomic mass is 16.5. The molecule has 1 aromatic carbocycles. The molecule has 0 saturated carbocycles. The minimum Gasteiger partial charge on any atom is -0.392 e. The Balaban J connectivity index is 1.54. The van der Waals surface area contributed by atoms with E-state index in [1.54, 1.807) is 0 Å². The molecule has 132 valence electrons. The molecule has 0 aromatic heterocycles. The first-order valence-corrected chi connectivity index (χ1v) is 8.85. The molecule has 0 amide bonds. The third kappa shape index (κ3) is 4.69. The number of rotatable bonds is 6. The van der Waals surface area contributed by atoms with Crippen LogP contribution in [0.5, 0.6) is 0 Å². The fourth-order valence-corrected chi connectivity index (χ4v) is 3.25. The van der Waals surface area contributed by atoms with Crippen molar-refractivity contribution in [2.24, 2.45) is 4.99 Å². The van der Waals surface area contributed by atoms with Crippen LogP contribution in [0.3, 0.4) is 0 Å². The number of aliphatic hydroxyl groups is 1. The van der Waals surface area contributed by atoms with Crippen LogP contribution in [-0.2, 0) is 17.8 Å². The first-order valence-electron chi connectivity index (χ1n) is 8.85. The summed E-state index contributed by atoms with van der Waals surface area (Å²) in [6.07, 6.45) is 0.881. The number of β-amino-alcohol motifs (C(OH)–C–C–N with tert-alkyl or cyclic N) is 1. The van der Waals surface area contributed by atoms with E-state index in [2.05, 4.69) is 44.8 Å². The van der Waals surface area contributed by atoms with Gasteiger partial charge in [0.2, 0.25) is 0 Å². The summed E-state index contributed by atoms with van der Waals surface area (Å²) in [4.78, 5) is 6.83. The van der Waals surface area contributed by atoms with E-state index in [-0.39, 0.29) is 12.2 Å². The van der Waals surface area contributed by atoms with Crippen molar-refractivity contribution in [1.82, 2.24) is 15.5 Å². The maximum absolute atomic E-state index is 9.69. The summed E-state index contributed by atoms with van der Waals surface area (Å²) in [6, 6.07) is 8.47. The topological polar surface area (TPSA) is 69.1 Å². The lowest BCUT2D eigenvalue weighted by molar-refractivity contribution is 0.0691. The van der Waals surface area contributed by atoms with Crippen molar-refractivity contribution < 1.29 is 9.84 Å². The molecule has 2 heterocycles. The second-order valence-corrected chi connectivity index (χ2v) is 6.45. The lowest BCUT2D eigenvalue weighted by atomic mass is 10.1. The zero-order chi connectivity index (χ0) is 16.8. The SMILES string of the molecule is CCOC1CN=C(NCc2ccccc2CN2CCC(O)C2)NC1. The molecule has 1 fully saturated rings. The predicted molar refractivity (Wildman–Crippen MR) is 94.9 cm³/mol. The molecule has 0 aliphatic carbocycles. The lowest BCUT2D eigenvalue weighted by Gasteiger charge is -2.24. The van der Waals surface area contributed by atoms with Crippen LogP contribution in [0.4, 0.5) is 0 Å². The number of nitrogens with zero attached hydrogens (tertiary/aromatic N) is 2. The van der Waals surface area contributed by atoms with Crippen molar-refractivity contribution >= 4 is 5.96 Å².